The van der Waals surface area contributed by atoms with Crippen molar-refractivity contribution >= 4 is 10.9 Å². The number of para-hydroxylation sites is 1. The van der Waals surface area contributed by atoms with Gasteiger partial charge in [0.05, 0.1) is 0 Å². The largest absolute Gasteiger partial charge is 0.361 e. The number of aromatic amines is 1. The Labute approximate surface area is 84.1 Å². The summed E-state index contributed by atoms with van der Waals surface area (Å²) in [4.78, 5) is 3.37. The smallest absolute Gasteiger partial charge is 0.0489 e. The van der Waals surface area contributed by atoms with Crippen LogP contribution < -0.4 is 0 Å². The summed E-state index contributed by atoms with van der Waals surface area (Å²) in [5, 5.41) is 1.36. The lowest BCUT2D eigenvalue weighted by Gasteiger charge is -2.10. The summed E-state index contributed by atoms with van der Waals surface area (Å²) in [6, 6.07) is 8.82. The highest BCUT2D eigenvalue weighted by Crippen LogP contribution is 2.36. The molecule has 0 unspecified atom stereocenters. The first-order valence-electron chi connectivity index (χ1n) is 5.51. The highest BCUT2D eigenvalue weighted by atomic mass is 14.7. The van der Waals surface area contributed by atoms with E-state index in [0.717, 1.165) is 5.92 Å². The van der Waals surface area contributed by atoms with Crippen molar-refractivity contribution in [1.82, 2.24) is 4.98 Å². The molecule has 3 rings (SSSR count). The zero-order valence-electron chi connectivity index (χ0n) is 8.29. The number of H-pyrrole nitrogens is 1. The van der Waals surface area contributed by atoms with Gasteiger partial charge in [0, 0.05) is 11.7 Å². The molecule has 1 fully saturated rings. The molecular weight excluding hydrogens is 170 g/mol. The average molecular weight is 185 g/mol. The zero-order valence-corrected chi connectivity index (χ0v) is 8.29. The normalized spacial score (nSPS) is 18.0. The molecule has 1 aliphatic carbocycles. The van der Waals surface area contributed by atoms with Crippen molar-refractivity contribution in [3.63, 3.8) is 0 Å². The van der Waals surface area contributed by atoms with Crippen molar-refractivity contribution in [2.24, 2.45) is 0 Å². The molecule has 72 valence electrons. The molecule has 1 aromatic carbocycles. The molecule has 0 spiro atoms. The van der Waals surface area contributed by atoms with Gasteiger partial charge in [-0.2, -0.15) is 0 Å². The predicted molar refractivity (Wildman–Crippen MR) is 59.5 cm³/mol. The van der Waals surface area contributed by atoms with E-state index in [2.05, 4.69) is 29.2 Å². The van der Waals surface area contributed by atoms with Gasteiger partial charge in [-0.25, -0.2) is 0 Å². The van der Waals surface area contributed by atoms with E-state index in [1.54, 1.807) is 0 Å². The van der Waals surface area contributed by atoms with Gasteiger partial charge in [-0.1, -0.05) is 31.0 Å². The van der Waals surface area contributed by atoms with Crippen LogP contribution in [0.4, 0.5) is 0 Å². The summed E-state index contributed by atoms with van der Waals surface area (Å²) in [6.07, 6.45) is 7.60. The molecule has 0 saturated heterocycles. The lowest BCUT2D eigenvalue weighted by atomic mass is 9.96. The first-order chi connectivity index (χ1) is 6.95. The Balaban J connectivity index is 2.14. The Morgan fingerprint density at radius 3 is 2.79 bits per heavy atom. The quantitative estimate of drug-likeness (QED) is 0.695. The van der Waals surface area contributed by atoms with Crippen molar-refractivity contribution in [3.8, 4) is 0 Å². The molecule has 1 aliphatic rings. The molecule has 0 atom stereocenters. The first-order valence-corrected chi connectivity index (χ1v) is 5.51. The molecule has 1 heterocycles. The van der Waals surface area contributed by atoms with E-state index < -0.39 is 0 Å². The van der Waals surface area contributed by atoms with E-state index in [1.165, 1.54) is 42.1 Å². The van der Waals surface area contributed by atoms with Crippen LogP contribution in [0, 0.1) is 0 Å². The van der Waals surface area contributed by atoms with Gasteiger partial charge in [0.1, 0.15) is 0 Å². The summed E-state index contributed by atoms with van der Waals surface area (Å²) >= 11 is 0. The summed E-state index contributed by atoms with van der Waals surface area (Å²) in [6.45, 7) is 0. The molecule has 0 radical (unpaired) electrons. The molecule has 1 saturated carbocycles. The van der Waals surface area contributed by atoms with Crippen LogP contribution in [0.15, 0.2) is 30.5 Å². The highest BCUT2D eigenvalue weighted by Gasteiger charge is 2.18. The lowest BCUT2D eigenvalue weighted by Crippen LogP contribution is -1.92. The van der Waals surface area contributed by atoms with Gasteiger partial charge in [0.15, 0.2) is 0 Å². The minimum Gasteiger partial charge on any atom is -0.361 e. The Morgan fingerprint density at radius 2 is 1.93 bits per heavy atom. The Kier molecular flexibility index (Phi) is 1.83. The Hall–Kier alpha value is -1.24. The van der Waals surface area contributed by atoms with Gasteiger partial charge < -0.3 is 4.98 Å². The summed E-state index contributed by atoms with van der Waals surface area (Å²) in [5.74, 6) is 0.803. The minimum absolute atomic E-state index is 0.803. The third-order valence-electron chi connectivity index (χ3n) is 3.41. The standard InChI is InChI=1S/C13H15N/c1-2-5-10(4-1)12-7-3-6-11-8-9-14-13(11)12/h3,6-10,14H,1-2,4-5H2. The van der Waals surface area contributed by atoms with Crippen LogP contribution in [-0.4, -0.2) is 4.98 Å². The summed E-state index contributed by atoms with van der Waals surface area (Å²) < 4.78 is 0. The topological polar surface area (TPSA) is 15.8 Å². The van der Waals surface area contributed by atoms with Gasteiger partial charge in [-0.3, -0.25) is 0 Å². The second kappa shape index (κ2) is 3.16. The number of nitrogens with one attached hydrogen (secondary N) is 1. The number of hydrogen-bond donors (Lipinski definition) is 1. The van der Waals surface area contributed by atoms with Crippen LogP contribution in [0.2, 0.25) is 0 Å². The maximum atomic E-state index is 3.37. The fraction of sp³-hybridized carbons (Fsp3) is 0.385. The van der Waals surface area contributed by atoms with Crippen LogP contribution in [-0.2, 0) is 0 Å². The average Bonchev–Trinajstić information content (AvgIpc) is 2.88. The number of rotatable bonds is 1. The van der Waals surface area contributed by atoms with Gasteiger partial charge >= 0.3 is 0 Å². The fourth-order valence-electron chi connectivity index (χ4n) is 2.69. The van der Waals surface area contributed by atoms with Crippen LogP contribution in [0.5, 0.6) is 0 Å². The molecule has 0 aliphatic heterocycles. The van der Waals surface area contributed by atoms with Gasteiger partial charge in [0.25, 0.3) is 0 Å². The van der Waals surface area contributed by atoms with Crippen molar-refractivity contribution < 1.29 is 0 Å². The first kappa shape index (κ1) is 8.10. The predicted octanol–water partition coefficient (Wildman–Crippen LogP) is 3.83. The molecule has 0 amide bonds. The maximum absolute atomic E-state index is 3.37. The van der Waals surface area contributed by atoms with Crippen LogP contribution in [0.3, 0.4) is 0 Å². The number of hydrogen-bond acceptors (Lipinski definition) is 0. The molecule has 0 bridgehead atoms. The number of aromatic nitrogens is 1. The second-order valence-electron chi connectivity index (χ2n) is 4.27. The Bertz CT molecular complexity index is 435. The van der Waals surface area contributed by atoms with Crippen molar-refractivity contribution in [2.75, 3.05) is 0 Å². The third kappa shape index (κ3) is 1.16. The molecule has 2 aromatic rings. The van der Waals surface area contributed by atoms with Crippen molar-refractivity contribution in [1.29, 1.82) is 0 Å². The Morgan fingerprint density at radius 1 is 1.07 bits per heavy atom. The van der Waals surface area contributed by atoms with E-state index in [0.29, 0.717) is 0 Å². The molecular formula is C13H15N. The van der Waals surface area contributed by atoms with Gasteiger partial charge in [0.2, 0.25) is 0 Å². The monoisotopic (exact) mass is 185 g/mol. The van der Waals surface area contributed by atoms with E-state index in [1.807, 2.05) is 6.20 Å². The van der Waals surface area contributed by atoms with Gasteiger partial charge in [-0.15, -0.1) is 0 Å². The third-order valence-corrected chi connectivity index (χ3v) is 3.41. The van der Waals surface area contributed by atoms with E-state index in [9.17, 15) is 0 Å². The molecule has 1 aromatic heterocycles. The minimum atomic E-state index is 0.803. The molecule has 1 nitrogen and oxygen atoms in total. The van der Waals surface area contributed by atoms with E-state index in [4.69, 9.17) is 0 Å². The van der Waals surface area contributed by atoms with E-state index in [-0.39, 0.29) is 0 Å². The van der Waals surface area contributed by atoms with Crippen molar-refractivity contribution in [3.05, 3.63) is 36.0 Å². The zero-order chi connectivity index (χ0) is 9.38. The SMILES string of the molecule is c1cc(C2CCCC2)c2[nH]ccc2c1. The molecule has 14 heavy (non-hydrogen) atoms. The molecule has 1 heteroatoms. The summed E-state index contributed by atoms with van der Waals surface area (Å²) in [5.41, 5.74) is 2.89. The highest BCUT2D eigenvalue weighted by molar-refractivity contribution is 5.83. The lowest BCUT2D eigenvalue weighted by molar-refractivity contribution is 0.728. The van der Waals surface area contributed by atoms with Crippen molar-refractivity contribution in [2.45, 2.75) is 31.6 Å². The maximum Gasteiger partial charge on any atom is 0.0489 e. The second-order valence-corrected chi connectivity index (χ2v) is 4.27. The number of benzene rings is 1. The van der Waals surface area contributed by atoms with Gasteiger partial charge in [-0.05, 0) is 35.8 Å². The fourth-order valence-corrected chi connectivity index (χ4v) is 2.69. The summed E-state index contributed by atoms with van der Waals surface area (Å²) in [7, 11) is 0. The van der Waals surface area contributed by atoms with Crippen LogP contribution >= 0.6 is 0 Å². The van der Waals surface area contributed by atoms with E-state index >= 15 is 0 Å². The van der Waals surface area contributed by atoms with Crippen LogP contribution in [0.25, 0.3) is 10.9 Å². The number of fused-ring (bicyclic) bond motifs is 1. The molecule has 1 N–H and O–H groups in total. The van der Waals surface area contributed by atoms with Crippen LogP contribution in [0.1, 0.15) is 37.2 Å².